The predicted octanol–water partition coefficient (Wildman–Crippen LogP) is 3.10. The molecule has 0 heterocycles. The summed E-state index contributed by atoms with van der Waals surface area (Å²) < 4.78 is 25.1. The molecule has 0 saturated heterocycles. The fourth-order valence-electron chi connectivity index (χ4n) is 0.703. The van der Waals surface area contributed by atoms with Crippen LogP contribution in [0.4, 0.5) is 20.2 Å². The van der Waals surface area contributed by atoms with Gasteiger partial charge in [0.25, 0.3) is 0 Å². The lowest BCUT2D eigenvalue weighted by molar-refractivity contribution is 0.510. The van der Waals surface area contributed by atoms with Crippen molar-refractivity contribution in [2.24, 2.45) is 0 Å². The predicted molar refractivity (Wildman–Crippen MR) is 45.3 cm³/mol. The SMILES string of the molecule is Fc1cc(NCl)c(NCl)cc1F. The molecule has 1 rings (SSSR count). The van der Waals surface area contributed by atoms with Crippen LogP contribution >= 0.6 is 23.6 Å². The van der Waals surface area contributed by atoms with Gasteiger partial charge in [0.2, 0.25) is 0 Å². The Balaban J connectivity index is 3.19. The van der Waals surface area contributed by atoms with Crippen LogP contribution in [0.25, 0.3) is 0 Å². The van der Waals surface area contributed by atoms with Gasteiger partial charge in [0.1, 0.15) is 0 Å². The highest BCUT2D eigenvalue weighted by atomic mass is 35.5. The van der Waals surface area contributed by atoms with Crippen molar-refractivity contribution >= 4 is 34.9 Å². The van der Waals surface area contributed by atoms with Gasteiger partial charge in [0, 0.05) is 35.7 Å². The molecule has 0 aliphatic heterocycles. The number of anilines is 2. The third-order valence-corrected chi connectivity index (χ3v) is 1.67. The first kappa shape index (κ1) is 9.35. The molecule has 0 aliphatic carbocycles. The molecule has 0 bridgehead atoms. The van der Waals surface area contributed by atoms with Crippen LogP contribution in [0.3, 0.4) is 0 Å². The Morgan fingerprint density at radius 1 is 0.917 bits per heavy atom. The fourth-order valence-corrected chi connectivity index (χ4v) is 1.02. The fraction of sp³-hybridized carbons (Fsp3) is 0. The molecular formula is C6H4Cl2F2N2. The third-order valence-electron chi connectivity index (χ3n) is 1.26. The van der Waals surface area contributed by atoms with E-state index in [1.165, 1.54) is 0 Å². The van der Waals surface area contributed by atoms with Crippen molar-refractivity contribution in [2.75, 3.05) is 9.67 Å². The minimum Gasteiger partial charge on any atom is -0.296 e. The second-order valence-electron chi connectivity index (χ2n) is 2.00. The number of hydrogen-bond donors (Lipinski definition) is 2. The summed E-state index contributed by atoms with van der Waals surface area (Å²) in [6.07, 6.45) is 0. The number of benzene rings is 1. The maximum absolute atomic E-state index is 12.5. The van der Waals surface area contributed by atoms with Gasteiger partial charge in [-0.15, -0.1) is 0 Å². The summed E-state index contributed by atoms with van der Waals surface area (Å²) in [4.78, 5) is 4.27. The first-order valence-corrected chi connectivity index (χ1v) is 3.67. The van der Waals surface area contributed by atoms with Crippen molar-refractivity contribution < 1.29 is 8.78 Å². The zero-order valence-electron chi connectivity index (χ0n) is 5.67. The highest BCUT2D eigenvalue weighted by Gasteiger charge is 2.07. The van der Waals surface area contributed by atoms with Gasteiger partial charge in [-0.1, -0.05) is 0 Å². The quantitative estimate of drug-likeness (QED) is 0.737. The minimum absolute atomic E-state index is 0.172. The lowest BCUT2D eigenvalue weighted by Gasteiger charge is -2.05. The molecule has 0 unspecified atom stereocenters. The van der Waals surface area contributed by atoms with Crippen molar-refractivity contribution in [1.82, 2.24) is 0 Å². The van der Waals surface area contributed by atoms with Gasteiger partial charge >= 0.3 is 0 Å². The molecule has 0 atom stereocenters. The Kier molecular flexibility index (Phi) is 2.94. The summed E-state index contributed by atoms with van der Waals surface area (Å²) in [5.41, 5.74) is 0.344. The van der Waals surface area contributed by atoms with Gasteiger partial charge in [0.15, 0.2) is 11.6 Å². The standard InChI is InChI=1S/C6H4Cl2F2N2/c7-11-5-1-3(9)4(10)2-6(5)12-8/h1-2,11-12H. The van der Waals surface area contributed by atoms with E-state index in [9.17, 15) is 8.78 Å². The maximum Gasteiger partial charge on any atom is 0.161 e. The van der Waals surface area contributed by atoms with Crippen LogP contribution in [0, 0.1) is 11.6 Å². The molecule has 1 aromatic carbocycles. The molecule has 2 nitrogen and oxygen atoms in total. The van der Waals surface area contributed by atoms with Gasteiger partial charge in [-0.05, 0) is 0 Å². The van der Waals surface area contributed by atoms with E-state index in [0.717, 1.165) is 12.1 Å². The van der Waals surface area contributed by atoms with Crippen LogP contribution in [-0.2, 0) is 0 Å². The van der Waals surface area contributed by atoms with E-state index in [1.54, 1.807) is 0 Å². The van der Waals surface area contributed by atoms with E-state index in [0.29, 0.717) is 0 Å². The number of rotatable bonds is 2. The van der Waals surface area contributed by atoms with Crippen LogP contribution in [0.1, 0.15) is 0 Å². The van der Waals surface area contributed by atoms with Gasteiger partial charge in [-0.25, -0.2) is 8.78 Å². The second kappa shape index (κ2) is 3.78. The molecule has 0 aliphatic rings. The molecule has 0 radical (unpaired) electrons. The van der Waals surface area contributed by atoms with E-state index in [1.807, 2.05) is 0 Å². The van der Waals surface area contributed by atoms with Crippen molar-refractivity contribution in [3.05, 3.63) is 23.8 Å². The second-order valence-corrected chi connectivity index (χ2v) is 2.38. The zero-order chi connectivity index (χ0) is 9.14. The summed E-state index contributed by atoms with van der Waals surface area (Å²) in [6, 6.07) is 1.79. The largest absolute Gasteiger partial charge is 0.296 e. The first-order chi connectivity index (χ1) is 5.69. The van der Waals surface area contributed by atoms with Crippen LogP contribution in [0.5, 0.6) is 0 Å². The van der Waals surface area contributed by atoms with E-state index >= 15 is 0 Å². The average molecular weight is 213 g/mol. The molecule has 0 aromatic heterocycles. The summed E-state index contributed by atoms with van der Waals surface area (Å²) >= 11 is 10.4. The Bertz CT molecular complexity index is 264. The first-order valence-electron chi connectivity index (χ1n) is 2.91. The molecule has 0 fully saturated rings. The van der Waals surface area contributed by atoms with Crippen LogP contribution in [-0.4, -0.2) is 0 Å². The molecule has 0 saturated carbocycles. The Morgan fingerprint density at radius 2 is 1.25 bits per heavy atom. The van der Waals surface area contributed by atoms with Gasteiger partial charge in [-0.3, -0.25) is 9.67 Å². The maximum atomic E-state index is 12.5. The van der Waals surface area contributed by atoms with Crippen LogP contribution in [0.2, 0.25) is 0 Å². The minimum atomic E-state index is -0.992. The topological polar surface area (TPSA) is 24.1 Å². The molecule has 66 valence electrons. The van der Waals surface area contributed by atoms with E-state index < -0.39 is 11.6 Å². The lowest BCUT2D eigenvalue weighted by Crippen LogP contribution is -1.93. The molecule has 6 heteroatoms. The summed E-state index contributed by atoms with van der Waals surface area (Å²) in [6.45, 7) is 0. The van der Waals surface area contributed by atoms with Crippen LogP contribution in [0.15, 0.2) is 12.1 Å². The molecule has 12 heavy (non-hydrogen) atoms. The Hall–Kier alpha value is -0.740. The zero-order valence-corrected chi connectivity index (χ0v) is 7.18. The summed E-state index contributed by atoms with van der Waals surface area (Å²) in [5, 5.41) is 0. The number of nitrogens with one attached hydrogen (secondary N) is 2. The average Bonchev–Trinajstić information content (AvgIpc) is 2.09. The van der Waals surface area contributed by atoms with Gasteiger partial charge in [-0.2, -0.15) is 0 Å². The molecule has 1 aromatic rings. The smallest absolute Gasteiger partial charge is 0.161 e. The van der Waals surface area contributed by atoms with E-state index in [-0.39, 0.29) is 11.4 Å². The molecule has 0 amide bonds. The molecule has 0 spiro atoms. The van der Waals surface area contributed by atoms with Crippen molar-refractivity contribution in [2.45, 2.75) is 0 Å². The number of halogens is 4. The van der Waals surface area contributed by atoms with Crippen molar-refractivity contribution in [3.8, 4) is 0 Å². The highest BCUT2D eigenvalue weighted by molar-refractivity contribution is 6.28. The van der Waals surface area contributed by atoms with Crippen molar-refractivity contribution in [1.29, 1.82) is 0 Å². The van der Waals surface area contributed by atoms with Gasteiger partial charge in [0.05, 0.1) is 11.4 Å². The normalized spacial score (nSPS) is 9.67. The van der Waals surface area contributed by atoms with E-state index in [2.05, 4.69) is 9.67 Å². The number of hydrogen-bond acceptors (Lipinski definition) is 2. The van der Waals surface area contributed by atoms with Crippen LogP contribution < -0.4 is 9.67 Å². The highest BCUT2D eigenvalue weighted by Crippen LogP contribution is 2.25. The van der Waals surface area contributed by atoms with Crippen molar-refractivity contribution in [3.63, 3.8) is 0 Å². The molecular weight excluding hydrogens is 209 g/mol. The Morgan fingerprint density at radius 3 is 1.50 bits per heavy atom. The van der Waals surface area contributed by atoms with E-state index in [4.69, 9.17) is 23.6 Å². The summed E-state index contributed by atoms with van der Waals surface area (Å²) in [7, 11) is 0. The Labute approximate surface area is 77.7 Å². The third kappa shape index (κ3) is 1.70. The molecule has 2 N–H and O–H groups in total. The monoisotopic (exact) mass is 212 g/mol. The summed E-state index contributed by atoms with van der Waals surface area (Å²) in [5.74, 6) is -1.98. The lowest BCUT2D eigenvalue weighted by atomic mass is 10.2. The van der Waals surface area contributed by atoms with Gasteiger partial charge < -0.3 is 0 Å².